The summed E-state index contributed by atoms with van der Waals surface area (Å²) in [5.74, 6) is 0. The summed E-state index contributed by atoms with van der Waals surface area (Å²) in [4.78, 5) is 0.373. The van der Waals surface area contributed by atoms with E-state index in [9.17, 15) is 8.42 Å². The van der Waals surface area contributed by atoms with E-state index in [4.69, 9.17) is 0 Å². The molecule has 28 heavy (non-hydrogen) atoms. The number of nitrogens with zero attached hydrogens (tertiary/aromatic N) is 1. The van der Waals surface area contributed by atoms with Crippen molar-refractivity contribution in [3.8, 4) is 0 Å². The summed E-state index contributed by atoms with van der Waals surface area (Å²) < 4.78 is 27.8. The molecule has 0 fully saturated rings. The van der Waals surface area contributed by atoms with Gasteiger partial charge in [-0.05, 0) is 43.0 Å². The van der Waals surface area contributed by atoms with Gasteiger partial charge in [-0.2, -0.15) is 4.31 Å². The second-order valence-electron chi connectivity index (χ2n) is 8.70. The lowest BCUT2D eigenvalue weighted by Gasteiger charge is -2.28. The molecule has 1 aliphatic heterocycles. The predicted molar refractivity (Wildman–Crippen MR) is 123 cm³/mol. The van der Waals surface area contributed by atoms with Crippen LogP contribution < -0.4 is 0 Å². The van der Waals surface area contributed by atoms with Crippen molar-refractivity contribution in [3.63, 3.8) is 0 Å². The van der Waals surface area contributed by atoms with Gasteiger partial charge in [0.1, 0.15) is 0 Å². The van der Waals surface area contributed by atoms with Crippen molar-refractivity contribution in [1.82, 2.24) is 4.31 Å². The summed E-state index contributed by atoms with van der Waals surface area (Å²) in [6, 6.07) is 7.13. The summed E-state index contributed by atoms with van der Waals surface area (Å²) in [5.41, 5.74) is 5.74. The minimum atomic E-state index is -3.48. The van der Waals surface area contributed by atoms with E-state index in [-0.39, 0.29) is 0 Å². The molecule has 1 aromatic rings. The summed E-state index contributed by atoms with van der Waals surface area (Å²) in [5, 5.41) is 0. The van der Waals surface area contributed by atoms with Crippen LogP contribution in [-0.2, 0) is 10.0 Å². The molecule has 0 spiro atoms. The van der Waals surface area contributed by atoms with Gasteiger partial charge < -0.3 is 0 Å². The van der Waals surface area contributed by atoms with E-state index in [0.29, 0.717) is 18.0 Å². The Morgan fingerprint density at radius 3 is 2.39 bits per heavy atom. The maximum absolute atomic E-state index is 13.1. The van der Waals surface area contributed by atoms with E-state index in [0.717, 1.165) is 17.6 Å². The zero-order valence-corrected chi connectivity index (χ0v) is 19.8. The zero-order valence-electron chi connectivity index (χ0n) is 18.0. The molecule has 0 unspecified atom stereocenters. The van der Waals surface area contributed by atoms with Crippen LogP contribution in [0, 0.1) is 6.92 Å². The molecule has 5 heteroatoms. The Labute approximate surface area is 172 Å². The normalized spacial score (nSPS) is 18.0. The third kappa shape index (κ3) is 6.57. The van der Waals surface area contributed by atoms with Crippen molar-refractivity contribution in [2.75, 3.05) is 13.1 Å². The predicted octanol–water partition coefficient (Wildman–Crippen LogP) is 5.87. The second-order valence-corrected chi connectivity index (χ2v) is 15.7. The van der Waals surface area contributed by atoms with Crippen LogP contribution in [0.2, 0.25) is 19.6 Å². The Morgan fingerprint density at radius 1 is 1.11 bits per heavy atom. The van der Waals surface area contributed by atoms with Crippen molar-refractivity contribution >= 4 is 18.1 Å². The molecule has 0 saturated carbocycles. The molecule has 154 valence electrons. The van der Waals surface area contributed by atoms with Gasteiger partial charge >= 0.3 is 0 Å². The van der Waals surface area contributed by atoms with Crippen molar-refractivity contribution in [3.05, 3.63) is 64.9 Å². The molecule has 1 aliphatic rings. The third-order valence-corrected chi connectivity index (χ3v) is 7.81. The van der Waals surface area contributed by atoms with Crippen LogP contribution in [0.3, 0.4) is 0 Å². The van der Waals surface area contributed by atoms with Gasteiger partial charge in [0.25, 0.3) is 0 Å². The highest BCUT2D eigenvalue weighted by Crippen LogP contribution is 2.26. The third-order valence-electron chi connectivity index (χ3n) is 4.77. The molecule has 0 saturated heterocycles. The fraction of sp³-hybridized carbons (Fsp3) is 0.478. The minimum Gasteiger partial charge on any atom is -0.207 e. The number of sulfonamides is 1. The van der Waals surface area contributed by atoms with Crippen molar-refractivity contribution in [1.29, 1.82) is 0 Å². The lowest BCUT2D eigenvalue weighted by molar-refractivity contribution is 0.461. The van der Waals surface area contributed by atoms with Crippen LogP contribution in [0.5, 0.6) is 0 Å². The van der Waals surface area contributed by atoms with Gasteiger partial charge in [-0.1, -0.05) is 81.0 Å². The number of unbranched alkanes of at least 4 members (excludes halogenated alkanes) is 3. The lowest BCUT2D eigenvalue weighted by Crippen LogP contribution is -2.36. The summed E-state index contributed by atoms with van der Waals surface area (Å²) in [7, 11) is -4.96. The summed E-state index contributed by atoms with van der Waals surface area (Å²) >= 11 is 0. The molecule has 0 aromatic heterocycles. The van der Waals surface area contributed by atoms with Gasteiger partial charge in [0.05, 0.1) is 13.0 Å². The first-order chi connectivity index (χ1) is 13.1. The quantitative estimate of drug-likeness (QED) is 0.392. The van der Waals surface area contributed by atoms with E-state index in [2.05, 4.69) is 50.5 Å². The average Bonchev–Trinajstić information content (AvgIpc) is 2.61. The molecule has 2 rings (SSSR count). The van der Waals surface area contributed by atoms with Gasteiger partial charge in [0.2, 0.25) is 10.0 Å². The van der Waals surface area contributed by atoms with Gasteiger partial charge in [-0.15, -0.1) is 0 Å². The Bertz CT molecular complexity index is 844. The topological polar surface area (TPSA) is 37.4 Å². The lowest BCUT2D eigenvalue weighted by atomic mass is 10.0. The Balaban J connectivity index is 2.27. The minimum absolute atomic E-state index is 0.373. The molecule has 3 nitrogen and oxygen atoms in total. The largest absolute Gasteiger partial charge is 0.243 e. The Kier molecular flexibility index (Phi) is 8.04. The monoisotopic (exact) mass is 417 g/mol. The first-order valence-corrected chi connectivity index (χ1v) is 15.3. The van der Waals surface area contributed by atoms with Gasteiger partial charge in [-0.25, -0.2) is 8.42 Å². The zero-order chi connectivity index (χ0) is 20.8. The number of benzene rings is 1. The van der Waals surface area contributed by atoms with Gasteiger partial charge in [-0.3, -0.25) is 0 Å². The number of hydrogen-bond acceptors (Lipinski definition) is 2. The molecule has 1 aromatic carbocycles. The smallest absolute Gasteiger partial charge is 0.207 e. The molecular weight excluding hydrogens is 382 g/mol. The highest BCUT2D eigenvalue weighted by Gasteiger charge is 2.28. The highest BCUT2D eigenvalue weighted by molar-refractivity contribution is 7.89. The molecule has 0 atom stereocenters. The van der Waals surface area contributed by atoms with Crippen LogP contribution in [0.25, 0.3) is 0 Å². The van der Waals surface area contributed by atoms with Crippen LogP contribution in [0.4, 0.5) is 0 Å². The molecule has 0 bridgehead atoms. The number of aryl methyl sites for hydroxylation is 1. The first-order valence-electron chi connectivity index (χ1n) is 10.3. The molecule has 0 N–H and O–H groups in total. The Hall–Kier alpha value is -1.43. The van der Waals surface area contributed by atoms with E-state index in [1.807, 2.05) is 19.1 Å². The number of hydrogen-bond donors (Lipinski definition) is 0. The maximum Gasteiger partial charge on any atom is 0.243 e. The number of rotatable bonds is 8. The standard InChI is InChI=1S/C23H35NO2SSi/c1-6-7-8-9-10-11-21-16-17-24(18-22(21)19-28(3,4)5)27(25,26)23-14-12-20(2)13-15-23/h10-16,19H,6-9,17-18H2,1-5H3/b11-10+,22-19-. The van der Waals surface area contributed by atoms with Crippen molar-refractivity contribution in [2.45, 2.75) is 64.1 Å². The molecule has 0 aliphatic carbocycles. The van der Waals surface area contributed by atoms with E-state index < -0.39 is 18.1 Å². The second kappa shape index (κ2) is 9.86. The van der Waals surface area contributed by atoms with Gasteiger partial charge in [0.15, 0.2) is 0 Å². The molecule has 0 amide bonds. The van der Waals surface area contributed by atoms with Crippen LogP contribution in [-0.4, -0.2) is 33.9 Å². The van der Waals surface area contributed by atoms with Crippen molar-refractivity contribution in [2.24, 2.45) is 0 Å². The number of allylic oxidation sites excluding steroid dienone is 2. The molecule has 0 radical (unpaired) electrons. The van der Waals surface area contributed by atoms with Gasteiger partial charge in [0, 0.05) is 13.1 Å². The molecular formula is C23H35NO2SSi. The van der Waals surface area contributed by atoms with E-state index in [1.54, 1.807) is 16.4 Å². The summed E-state index contributed by atoms with van der Waals surface area (Å²) in [6.45, 7) is 11.9. The highest BCUT2D eigenvalue weighted by atomic mass is 32.2. The Morgan fingerprint density at radius 2 is 1.79 bits per heavy atom. The summed E-state index contributed by atoms with van der Waals surface area (Å²) in [6.07, 6.45) is 11.3. The van der Waals surface area contributed by atoms with Crippen LogP contribution in [0.15, 0.2) is 64.2 Å². The molecule has 1 heterocycles. The van der Waals surface area contributed by atoms with E-state index >= 15 is 0 Å². The SMILES string of the molecule is CCCCC/C=C/C1=CCN(S(=O)(=O)c2ccc(C)cc2)C/C1=C/[Si](C)(C)C. The van der Waals surface area contributed by atoms with Crippen LogP contribution >= 0.6 is 0 Å². The first kappa shape index (κ1) is 22.9. The van der Waals surface area contributed by atoms with Crippen molar-refractivity contribution < 1.29 is 8.42 Å². The fourth-order valence-electron chi connectivity index (χ4n) is 3.27. The fourth-order valence-corrected chi connectivity index (χ4v) is 5.93. The van der Waals surface area contributed by atoms with Crippen LogP contribution in [0.1, 0.15) is 38.2 Å². The van der Waals surface area contributed by atoms with E-state index in [1.165, 1.54) is 24.8 Å². The maximum atomic E-state index is 13.1. The average molecular weight is 418 g/mol.